The van der Waals surface area contributed by atoms with Gasteiger partial charge >= 0.3 is 0 Å². The first-order valence-electron chi connectivity index (χ1n) is 8.64. The minimum Gasteiger partial charge on any atom is -0.368 e. The third-order valence-electron chi connectivity index (χ3n) is 6.20. The molecule has 1 aliphatic heterocycles. The number of carbonyl (C=O) groups is 1. The van der Waals surface area contributed by atoms with Gasteiger partial charge in [0, 0.05) is 6.04 Å². The number of nitrogens with zero attached hydrogens (tertiary/aromatic N) is 1. The van der Waals surface area contributed by atoms with E-state index in [1.807, 2.05) is 14.0 Å². The molecule has 4 nitrogen and oxygen atoms in total. The molecule has 0 aromatic carbocycles. The zero-order chi connectivity index (χ0) is 15.5. The summed E-state index contributed by atoms with van der Waals surface area (Å²) in [5.41, 5.74) is 5.60. The minimum absolute atomic E-state index is 0.252. The molecule has 2 rings (SSSR count). The Morgan fingerprint density at radius 2 is 1.81 bits per heavy atom. The first-order chi connectivity index (χ1) is 9.91. The standard InChI is InChI=1S/C17H33N3O/c1-14(13-16(2,19-3)15(18)21)20-11-9-17(10-12-20)7-5-4-6-8-17/h14,19H,4-13H2,1-3H3,(H2,18,21). The van der Waals surface area contributed by atoms with Crippen LogP contribution in [0, 0.1) is 5.41 Å². The summed E-state index contributed by atoms with van der Waals surface area (Å²) in [6.45, 7) is 6.51. The number of hydrogen-bond acceptors (Lipinski definition) is 3. The van der Waals surface area contributed by atoms with Gasteiger partial charge < -0.3 is 16.0 Å². The molecule has 1 spiro atoms. The van der Waals surface area contributed by atoms with Crippen LogP contribution in [0.15, 0.2) is 0 Å². The summed E-state index contributed by atoms with van der Waals surface area (Å²) in [4.78, 5) is 14.2. The summed E-state index contributed by atoms with van der Waals surface area (Å²) in [5, 5.41) is 3.10. The third-order valence-corrected chi connectivity index (χ3v) is 6.20. The van der Waals surface area contributed by atoms with Crippen molar-refractivity contribution in [1.82, 2.24) is 10.2 Å². The second kappa shape index (κ2) is 6.66. The summed E-state index contributed by atoms with van der Waals surface area (Å²) < 4.78 is 0. The van der Waals surface area contributed by atoms with Crippen molar-refractivity contribution in [1.29, 1.82) is 0 Å². The van der Waals surface area contributed by atoms with E-state index in [0.717, 1.165) is 6.42 Å². The molecule has 2 unspecified atom stereocenters. The Balaban J connectivity index is 1.88. The summed E-state index contributed by atoms with van der Waals surface area (Å²) in [7, 11) is 1.82. The quantitative estimate of drug-likeness (QED) is 0.818. The van der Waals surface area contributed by atoms with E-state index in [0.29, 0.717) is 11.5 Å². The maximum atomic E-state index is 11.7. The number of nitrogens with two attached hydrogens (primary N) is 1. The molecular formula is C17H33N3O. The van der Waals surface area contributed by atoms with Crippen LogP contribution < -0.4 is 11.1 Å². The van der Waals surface area contributed by atoms with Crippen LogP contribution in [0.5, 0.6) is 0 Å². The lowest BCUT2D eigenvalue weighted by molar-refractivity contribution is -0.124. The van der Waals surface area contributed by atoms with Crippen molar-refractivity contribution >= 4 is 5.91 Å². The van der Waals surface area contributed by atoms with E-state index in [9.17, 15) is 4.79 Å². The van der Waals surface area contributed by atoms with Crippen molar-refractivity contribution in [3.8, 4) is 0 Å². The number of rotatable bonds is 5. The van der Waals surface area contributed by atoms with Crippen LogP contribution in [0.3, 0.4) is 0 Å². The van der Waals surface area contributed by atoms with Crippen LogP contribution in [-0.4, -0.2) is 42.5 Å². The van der Waals surface area contributed by atoms with Gasteiger partial charge in [0.15, 0.2) is 0 Å². The Morgan fingerprint density at radius 1 is 1.24 bits per heavy atom. The predicted octanol–water partition coefficient (Wildman–Crippen LogP) is 2.27. The van der Waals surface area contributed by atoms with Gasteiger partial charge in [0.2, 0.25) is 5.91 Å². The van der Waals surface area contributed by atoms with Gasteiger partial charge in [-0.05, 0) is 71.5 Å². The maximum Gasteiger partial charge on any atom is 0.237 e. The normalized spacial score (nSPS) is 27.2. The first kappa shape index (κ1) is 16.8. The van der Waals surface area contributed by atoms with Crippen LogP contribution >= 0.6 is 0 Å². The van der Waals surface area contributed by atoms with Gasteiger partial charge in [-0.15, -0.1) is 0 Å². The largest absolute Gasteiger partial charge is 0.368 e. The molecular weight excluding hydrogens is 262 g/mol. The number of amides is 1. The molecule has 0 aromatic rings. The van der Waals surface area contributed by atoms with Crippen LogP contribution in [-0.2, 0) is 4.79 Å². The average molecular weight is 295 g/mol. The molecule has 0 bridgehead atoms. The highest BCUT2D eigenvalue weighted by Crippen LogP contribution is 2.44. The molecule has 3 N–H and O–H groups in total. The second-order valence-corrected chi connectivity index (χ2v) is 7.60. The maximum absolute atomic E-state index is 11.7. The van der Waals surface area contributed by atoms with Gasteiger partial charge in [-0.25, -0.2) is 0 Å². The van der Waals surface area contributed by atoms with Crippen molar-refractivity contribution in [2.24, 2.45) is 11.1 Å². The van der Waals surface area contributed by atoms with Gasteiger partial charge in [0.1, 0.15) is 0 Å². The van der Waals surface area contributed by atoms with Gasteiger partial charge in [0.05, 0.1) is 5.54 Å². The monoisotopic (exact) mass is 295 g/mol. The number of nitrogens with one attached hydrogen (secondary N) is 1. The third kappa shape index (κ3) is 3.78. The lowest BCUT2D eigenvalue weighted by Crippen LogP contribution is -2.56. The average Bonchev–Trinajstić information content (AvgIpc) is 2.48. The molecule has 1 aliphatic carbocycles. The summed E-state index contributed by atoms with van der Waals surface area (Å²) in [6, 6.07) is 0.399. The molecule has 2 aliphatic rings. The fourth-order valence-corrected chi connectivity index (χ4v) is 4.29. The number of hydrogen-bond donors (Lipinski definition) is 2. The van der Waals surface area contributed by atoms with Crippen LogP contribution in [0.25, 0.3) is 0 Å². The van der Waals surface area contributed by atoms with E-state index in [1.54, 1.807) is 0 Å². The van der Waals surface area contributed by atoms with Crippen molar-refractivity contribution in [3.63, 3.8) is 0 Å². The van der Waals surface area contributed by atoms with Crippen LogP contribution in [0.4, 0.5) is 0 Å². The van der Waals surface area contributed by atoms with Crippen LogP contribution in [0.1, 0.15) is 65.2 Å². The molecule has 1 saturated carbocycles. The highest BCUT2D eigenvalue weighted by molar-refractivity contribution is 5.84. The fourth-order valence-electron chi connectivity index (χ4n) is 4.29. The molecule has 1 heterocycles. The van der Waals surface area contributed by atoms with Crippen molar-refractivity contribution in [2.45, 2.75) is 76.8 Å². The Kier molecular flexibility index (Phi) is 5.31. The summed E-state index contributed by atoms with van der Waals surface area (Å²) in [5.74, 6) is -0.252. The van der Waals surface area contributed by atoms with Gasteiger partial charge in [-0.2, -0.15) is 0 Å². The molecule has 2 atom stereocenters. The zero-order valence-electron chi connectivity index (χ0n) is 14.1. The number of primary amides is 1. The summed E-state index contributed by atoms with van der Waals surface area (Å²) in [6.07, 6.45) is 10.6. The van der Waals surface area contributed by atoms with E-state index in [2.05, 4.69) is 17.1 Å². The molecule has 4 heteroatoms. The number of likely N-dealkylation sites (N-methyl/N-ethyl adjacent to an activating group) is 1. The molecule has 122 valence electrons. The molecule has 21 heavy (non-hydrogen) atoms. The highest BCUT2D eigenvalue weighted by atomic mass is 16.1. The fraction of sp³-hybridized carbons (Fsp3) is 0.941. The highest BCUT2D eigenvalue weighted by Gasteiger charge is 2.38. The van der Waals surface area contributed by atoms with Crippen molar-refractivity contribution in [3.05, 3.63) is 0 Å². The Hall–Kier alpha value is -0.610. The molecule has 1 saturated heterocycles. The van der Waals surface area contributed by atoms with E-state index in [-0.39, 0.29) is 5.91 Å². The van der Waals surface area contributed by atoms with Gasteiger partial charge in [-0.3, -0.25) is 4.79 Å². The SMILES string of the molecule is CNC(C)(CC(C)N1CCC2(CCCCC2)CC1)C(N)=O. The van der Waals surface area contributed by atoms with Crippen LogP contribution in [0.2, 0.25) is 0 Å². The van der Waals surface area contributed by atoms with E-state index in [4.69, 9.17) is 5.73 Å². The Bertz CT molecular complexity index is 355. The molecule has 0 radical (unpaired) electrons. The number of likely N-dealkylation sites (tertiary alicyclic amines) is 1. The van der Waals surface area contributed by atoms with Gasteiger partial charge in [-0.1, -0.05) is 19.3 Å². The topological polar surface area (TPSA) is 58.4 Å². The minimum atomic E-state index is -0.598. The first-order valence-corrected chi connectivity index (χ1v) is 8.64. The second-order valence-electron chi connectivity index (χ2n) is 7.60. The predicted molar refractivity (Wildman–Crippen MR) is 87.1 cm³/mol. The zero-order valence-corrected chi connectivity index (χ0v) is 14.1. The smallest absolute Gasteiger partial charge is 0.237 e. The Labute approximate surface area is 129 Å². The molecule has 2 fully saturated rings. The number of piperidine rings is 1. The molecule has 0 aromatic heterocycles. The van der Waals surface area contributed by atoms with E-state index < -0.39 is 5.54 Å². The Morgan fingerprint density at radius 3 is 2.29 bits per heavy atom. The number of carbonyl (C=O) groups excluding carboxylic acids is 1. The van der Waals surface area contributed by atoms with E-state index >= 15 is 0 Å². The lowest BCUT2D eigenvalue weighted by Gasteiger charge is -2.46. The van der Waals surface area contributed by atoms with Crippen molar-refractivity contribution < 1.29 is 4.79 Å². The van der Waals surface area contributed by atoms with Crippen molar-refractivity contribution in [2.75, 3.05) is 20.1 Å². The van der Waals surface area contributed by atoms with Gasteiger partial charge in [0.25, 0.3) is 0 Å². The lowest BCUT2D eigenvalue weighted by atomic mass is 9.68. The molecule has 1 amide bonds. The van der Waals surface area contributed by atoms with E-state index in [1.165, 1.54) is 58.0 Å². The summed E-state index contributed by atoms with van der Waals surface area (Å²) >= 11 is 0.